The van der Waals surface area contributed by atoms with Crippen molar-refractivity contribution in [3.63, 3.8) is 0 Å². The van der Waals surface area contributed by atoms with E-state index in [0.717, 1.165) is 27.6 Å². The molecule has 4 rings (SSSR count). The number of hydrogen-bond acceptors (Lipinski definition) is 6. The summed E-state index contributed by atoms with van der Waals surface area (Å²) in [5, 5.41) is 15.6. The van der Waals surface area contributed by atoms with Gasteiger partial charge in [-0.2, -0.15) is 4.80 Å². The third kappa shape index (κ3) is 3.41. The van der Waals surface area contributed by atoms with Crippen LogP contribution in [0.3, 0.4) is 0 Å². The normalized spacial score (nSPS) is 10.8. The second kappa shape index (κ2) is 6.82. The van der Waals surface area contributed by atoms with Gasteiger partial charge in [-0.15, -0.1) is 21.5 Å². The van der Waals surface area contributed by atoms with Gasteiger partial charge < -0.3 is 4.74 Å². The van der Waals surface area contributed by atoms with Crippen molar-refractivity contribution in [2.24, 2.45) is 0 Å². The Morgan fingerprint density at radius 2 is 1.88 bits per heavy atom. The molecule has 124 valence electrons. The number of hydrogen-bond donors (Lipinski definition) is 0. The van der Waals surface area contributed by atoms with Crippen LogP contribution in [0.1, 0.15) is 5.69 Å². The van der Waals surface area contributed by atoms with Gasteiger partial charge in [-0.05, 0) is 17.3 Å². The van der Waals surface area contributed by atoms with Gasteiger partial charge in [0.25, 0.3) is 0 Å². The maximum Gasteiger partial charge on any atom is 0.204 e. The lowest BCUT2D eigenvalue weighted by Crippen LogP contribution is -2.04. The number of rotatable bonds is 5. The van der Waals surface area contributed by atoms with Crippen LogP contribution in [0.5, 0.6) is 5.75 Å². The fourth-order valence-corrected chi connectivity index (χ4v) is 3.23. The highest BCUT2D eigenvalue weighted by atomic mass is 32.1. The minimum absolute atomic E-state index is 0.486. The Labute approximate surface area is 148 Å². The fourth-order valence-electron chi connectivity index (χ4n) is 2.43. The number of methoxy groups -OCH3 is 1. The molecule has 0 unspecified atom stereocenters. The van der Waals surface area contributed by atoms with Gasteiger partial charge in [0.1, 0.15) is 17.3 Å². The van der Waals surface area contributed by atoms with Gasteiger partial charge in [-0.1, -0.05) is 42.5 Å². The van der Waals surface area contributed by atoms with Crippen LogP contribution in [0.4, 0.5) is 0 Å². The van der Waals surface area contributed by atoms with Crippen LogP contribution >= 0.6 is 11.3 Å². The first kappa shape index (κ1) is 15.5. The molecule has 0 aliphatic carbocycles. The second-order valence-corrected chi connectivity index (χ2v) is 6.24. The van der Waals surface area contributed by atoms with Crippen molar-refractivity contribution in [2.75, 3.05) is 7.11 Å². The Morgan fingerprint density at radius 3 is 2.72 bits per heavy atom. The topological polar surface area (TPSA) is 65.7 Å². The number of aromatic nitrogens is 5. The largest absolute Gasteiger partial charge is 0.497 e. The number of ether oxygens (including phenoxy) is 1. The molecule has 6 nitrogen and oxygen atoms in total. The third-order valence-corrected chi connectivity index (χ3v) is 4.60. The third-order valence-electron chi connectivity index (χ3n) is 3.66. The zero-order chi connectivity index (χ0) is 17.1. The first-order valence-electron chi connectivity index (χ1n) is 7.74. The fraction of sp³-hybridized carbons (Fsp3) is 0.111. The molecule has 2 aromatic heterocycles. The highest BCUT2D eigenvalue weighted by Gasteiger charge is 2.09. The summed E-state index contributed by atoms with van der Waals surface area (Å²) in [7, 11) is 1.66. The van der Waals surface area contributed by atoms with E-state index < -0.39 is 0 Å². The van der Waals surface area contributed by atoms with E-state index in [2.05, 4.69) is 20.4 Å². The average Bonchev–Trinajstić information content (AvgIpc) is 3.33. The summed E-state index contributed by atoms with van der Waals surface area (Å²) in [6, 6.07) is 17.7. The minimum Gasteiger partial charge on any atom is -0.497 e. The van der Waals surface area contributed by atoms with E-state index in [1.54, 1.807) is 23.2 Å². The average molecular weight is 349 g/mol. The van der Waals surface area contributed by atoms with Crippen LogP contribution in [0.15, 0.2) is 60.0 Å². The first-order valence-corrected chi connectivity index (χ1v) is 8.62. The van der Waals surface area contributed by atoms with E-state index in [4.69, 9.17) is 4.74 Å². The van der Waals surface area contributed by atoms with E-state index in [-0.39, 0.29) is 0 Å². The molecule has 0 saturated carbocycles. The summed E-state index contributed by atoms with van der Waals surface area (Å²) in [5.74, 6) is 1.43. The molecule has 25 heavy (non-hydrogen) atoms. The summed E-state index contributed by atoms with van der Waals surface area (Å²) in [5.41, 5.74) is 2.89. The lowest BCUT2D eigenvalue weighted by molar-refractivity contribution is 0.415. The smallest absolute Gasteiger partial charge is 0.204 e. The molecule has 7 heteroatoms. The van der Waals surface area contributed by atoms with Crippen molar-refractivity contribution in [1.82, 2.24) is 25.2 Å². The van der Waals surface area contributed by atoms with Crippen molar-refractivity contribution in [3.05, 3.63) is 65.7 Å². The molecular weight excluding hydrogens is 334 g/mol. The molecule has 0 bridgehead atoms. The number of benzene rings is 2. The maximum atomic E-state index is 5.27. The molecule has 0 amide bonds. The Bertz CT molecular complexity index is 980. The SMILES string of the molecule is COc1cccc(-c2nc(Cn3nnc(-c4ccccc4)n3)cs2)c1. The van der Waals surface area contributed by atoms with Crippen LogP contribution in [-0.2, 0) is 6.54 Å². The first-order chi connectivity index (χ1) is 12.3. The summed E-state index contributed by atoms with van der Waals surface area (Å²) in [6.45, 7) is 0.486. The molecule has 2 aromatic carbocycles. The van der Waals surface area contributed by atoms with Crippen molar-refractivity contribution in [1.29, 1.82) is 0 Å². The molecule has 0 N–H and O–H groups in total. The van der Waals surface area contributed by atoms with E-state index in [1.807, 2.05) is 60.0 Å². The predicted octanol–water partition coefficient (Wildman–Crippen LogP) is 3.52. The van der Waals surface area contributed by atoms with Crippen LogP contribution in [-0.4, -0.2) is 32.3 Å². The van der Waals surface area contributed by atoms with Crippen LogP contribution in [0, 0.1) is 0 Å². The molecule has 0 spiro atoms. The lowest BCUT2D eigenvalue weighted by atomic mass is 10.2. The lowest BCUT2D eigenvalue weighted by Gasteiger charge is -2.01. The Kier molecular flexibility index (Phi) is 4.22. The monoisotopic (exact) mass is 349 g/mol. The minimum atomic E-state index is 0.486. The van der Waals surface area contributed by atoms with E-state index in [1.165, 1.54) is 0 Å². The summed E-state index contributed by atoms with van der Waals surface area (Å²) in [6.07, 6.45) is 0. The van der Waals surface area contributed by atoms with E-state index >= 15 is 0 Å². The highest BCUT2D eigenvalue weighted by Crippen LogP contribution is 2.27. The van der Waals surface area contributed by atoms with Gasteiger partial charge in [0, 0.05) is 16.5 Å². The second-order valence-electron chi connectivity index (χ2n) is 5.39. The Balaban J connectivity index is 1.53. The molecule has 4 aromatic rings. The molecule has 0 radical (unpaired) electrons. The zero-order valence-corrected chi connectivity index (χ0v) is 14.3. The van der Waals surface area contributed by atoms with Gasteiger partial charge in [0.2, 0.25) is 5.82 Å². The number of tetrazole rings is 1. The molecule has 2 heterocycles. The molecule has 0 fully saturated rings. The zero-order valence-electron chi connectivity index (χ0n) is 13.5. The van der Waals surface area contributed by atoms with E-state index in [0.29, 0.717) is 12.4 Å². The van der Waals surface area contributed by atoms with Crippen LogP contribution in [0.2, 0.25) is 0 Å². The van der Waals surface area contributed by atoms with Crippen molar-refractivity contribution >= 4 is 11.3 Å². The van der Waals surface area contributed by atoms with Gasteiger partial charge in [-0.25, -0.2) is 4.98 Å². The van der Waals surface area contributed by atoms with Gasteiger partial charge in [0.05, 0.1) is 12.8 Å². The van der Waals surface area contributed by atoms with E-state index in [9.17, 15) is 0 Å². The van der Waals surface area contributed by atoms with Crippen molar-refractivity contribution in [3.8, 4) is 27.7 Å². The molecule has 0 aliphatic rings. The highest BCUT2D eigenvalue weighted by molar-refractivity contribution is 7.13. The molecule has 0 saturated heterocycles. The molecular formula is C18H15N5OS. The van der Waals surface area contributed by atoms with Crippen LogP contribution < -0.4 is 4.74 Å². The quantitative estimate of drug-likeness (QED) is 0.551. The van der Waals surface area contributed by atoms with Gasteiger partial charge >= 0.3 is 0 Å². The Morgan fingerprint density at radius 1 is 1.04 bits per heavy atom. The number of nitrogens with zero attached hydrogens (tertiary/aromatic N) is 5. The maximum absolute atomic E-state index is 5.27. The molecule has 0 atom stereocenters. The predicted molar refractivity (Wildman–Crippen MR) is 96.5 cm³/mol. The van der Waals surface area contributed by atoms with Crippen molar-refractivity contribution in [2.45, 2.75) is 6.54 Å². The standard InChI is InChI=1S/C18H15N5OS/c1-24-16-9-5-8-14(10-16)18-19-15(12-25-18)11-23-21-17(20-22-23)13-6-3-2-4-7-13/h2-10,12H,11H2,1H3. The molecule has 0 aliphatic heterocycles. The summed E-state index contributed by atoms with van der Waals surface area (Å²) < 4.78 is 5.27. The van der Waals surface area contributed by atoms with Gasteiger partial charge in [-0.3, -0.25) is 0 Å². The van der Waals surface area contributed by atoms with Gasteiger partial charge in [0.15, 0.2) is 0 Å². The summed E-state index contributed by atoms with van der Waals surface area (Å²) in [4.78, 5) is 6.23. The summed E-state index contributed by atoms with van der Waals surface area (Å²) >= 11 is 1.59. The van der Waals surface area contributed by atoms with Crippen LogP contribution in [0.25, 0.3) is 22.0 Å². The van der Waals surface area contributed by atoms with Crippen molar-refractivity contribution < 1.29 is 4.74 Å². The Hall–Kier alpha value is -3.06. The number of thiazole rings is 1.